The van der Waals surface area contributed by atoms with Gasteiger partial charge in [0, 0.05) is 18.6 Å². The van der Waals surface area contributed by atoms with Crippen LogP contribution in [0.25, 0.3) is 0 Å². The lowest BCUT2D eigenvalue weighted by atomic mass is 10.4. The second-order valence-electron chi connectivity index (χ2n) is 14.5. The van der Waals surface area contributed by atoms with Gasteiger partial charge in [-0.15, -0.1) is 0 Å². The van der Waals surface area contributed by atoms with E-state index in [1.54, 1.807) is 6.55 Å². The summed E-state index contributed by atoms with van der Waals surface area (Å²) in [5.74, 6) is -1.31. The van der Waals surface area contributed by atoms with Crippen LogP contribution in [0.15, 0.2) is 12.2 Å². The fraction of sp³-hybridized carbons (Fsp3) is 0.857. The van der Waals surface area contributed by atoms with E-state index in [9.17, 15) is 22.8 Å². The maximum Gasteiger partial charge on any atom is 0.389 e. The molecule has 10 nitrogen and oxygen atoms in total. The minimum Gasteiger partial charge on any atom is -0.463 e. The number of carbonyl (C=O) groups is 2. The van der Waals surface area contributed by atoms with Gasteiger partial charge in [-0.2, -0.15) is 13.2 Å². The van der Waals surface area contributed by atoms with Gasteiger partial charge in [0.1, 0.15) is 0 Å². The lowest BCUT2D eigenvalue weighted by Crippen LogP contribution is -2.52. The molecule has 0 saturated carbocycles. The van der Waals surface area contributed by atoms with Gasteiger partial charge >= 0.3 is 35.2 Å². The zero-order valence-electron chi connectivity index (χ0n) is 32.3. The number of halogens is 3. The smallest absolute Gasteiger partial charge is 0.389 e. The third-order valence-electron chi connectivity index (χ3n) is 7.01. The van der Waals surface area contributed by atoms with Gasteiger partial charge < -0.3 is 34.2 Å². The first kappa shape index (κ1) is 49.0. The number of hydrogen-bond donors (Lipinski definition) is 0. The molecule has 0 radical (unpaired) electrons. The summed E-state index contributed by atoms with van der Waals surface area (Å²) in [7, 11) is -16.5. The predicted octanol–water partition coefficient (Wildman–Crippen LogP) is 7.09. The zero-order chi connectivity index (χ0) is 38.1. The van der Waals surface area contributed by atoms with Crippen molar-refractivity contribution in [3.63, 3.8) is 0 Å². The van der Waals surface area contributed by atoms with Gasteiger partial charge in [-0.1, -0.05) is 13.3 Å². The quantitative estimate of drug-likeness (QED) is 0.0388. The molecule has 0 fully saturated rings. The number of carbonyl (C=O) groups excluding carboxylic acids is 2. The fourth-order valence-corrected chi connectivity index (χ4v) is 35.4. The monoisotopic (exact) mass is 842 g/mol. The van der Waals surface area contributed by atoms with E-state index in [1.165, 1.54) is 0 Å². The van der Waals surface area contributed by atoms with Crippen molar-refractivity contribution in [3.05, 3.63) is 12.2 Å². The Labute approximate surface area is 305 Å². The van der Waals surface area contributed by atoms with Crippen LogP contribution in [0.3, 0.4) is 0 Å². The molecule has 0 aromatic rings. The van der Waals surface area contributed by atoms with Crippen molar-refractivity contribution < 1.29 is 56.9 Å². The van der Waals surface area contributed by atoms with Gasteiger partial charge in [0.2, 0.25) is 0 Å². The molecule has 4 atom stereocenters. The first-order chi connectivity index (χ1) is 22.3. The molecule has 0 aliphatic carbocycles. The van der Waals surface area contributed by atoms with Crippen LogP contribution in [0.4, 0.5) is 13.2 Å². The third-order valence-corrected chi connectivity index (χ3v) is 34.7. The maximum absolute atomic E-state index is 13.1. The predicted molar refractivity (Wildman–Crippen MR) is 209 cm³/mol. The van der Waals surface area contributed by atoms with Crippen LogP contribution in [0, 0.1) is 0 Å². The van der Waals surface area contributed by atoms with E-state index in [4.69, 9.17) is 34.2 Å². The summed E-state index contributed by atoms with van der Waals surface area (Å²) in [6, 6.07) is 2.12. The van der Waals surface area contributed by atoms with Gasteiger partial charge in [-0.05, 0) is 116 Å². The highest BCUT2D eigenvalue weighted by molar-refractivity contribution is 6.85. The van der Waals surface area contributed by atoms with E-state index in [0.717, 1.165) is 30.7 Å². The molecule has 0 saturated heterocycles. The standard InChI is InChI=1S/C28H65F3O10Si8/c1-14-22-48(12,37-43(4)5)40-45(7)38-46(8,9)23-15-20-34-26(32)17-18-27(33)35-21-16-24-47(10,11)41-49(13,25-19-28(29,30)31)39-44(6)36-42(2)3/h17-18,42-45H,14-16,19-25H2,1-13H3/b18-17-. The van der Waals surface area contributed by atoms with E-state index in [1.807, 2.05) is 32.7 Å². The summed E-state index contributed by atoms with van der Waals surface area (Å²) in [5.41, 5.74) is 0. The molecule has 0 aromatic heterocycles. The van der Waals surface area contributed by atoms with Crippen LogP contribution in [-0.4, -0.2) is 102 Å². The summed E-state index contributed by atoms with van der Waals surface area (Å²) in [6.07, 6.45) is -1.06. The van der Waals surface area contributed by atoms with Gasteiger partial charge in [0.15, 0.2) is 34.7 Å². The first-order valence-electron chi connectivity index (χ1n) is 17.4. The molecule has 0 spiro atoms. The Morgan fingerprint density at radius 2 is 1.12 bits per heavy atom. The Balaban J connectivity index is 4.67. The van der Waals surface area contributed by atoms with Gasteiger partial charge in [0.25, 0.3) is 18.6 Å². The average molecular weight is 844 g/mol. The molecule has 0 heterocycles. The number of ether oxygens (including phenoxy) is 2. The van der Waals surface area contributed by atoms with Gasteiger partial charge in [-0.3, -0.25) is 0 Å². The summed E-state index contributed by atoms with van der Waals surface area (Å²) in [5, 5.41) is 0. The Morgan fingerprint density at radius 3 is 1.57 bits per heavy atom. The van der Waals surface area contributed by atoms with Crippen LogP contribution in [0.1, 0.15) is 32.6 Å². The van der Waals surface area contributed by atoms with Crippen LogP contribution >= 0.6 is 0 Å². The molecule has 21 heteroatoms. The summed E-state index contributed by atoms with van der Waals surface area (Å²) in [4.78, 5) is 24.3. The number of rotatable bonds is 26. The zero-order valence-corrected chi connectivity index (χ0v) is 40.9. The van der Waals surface area contributed by atoms with Crippen LogP contribution in [0.2, 0.25) is 103 Å². The Bertz CT molecular complexity index is 1010. The number of esters is 2. The van der Waals surface area contributed by atoms with Crippen molar-refractivity contribution in [2.24, 2.45) is 0 Å². The second-order valence-corrected chi connectivity index (χ2v) is 40.2. The molecule has 290 valence electrons. The van der Waals surface area contributed by atoms with Crippen molar-refractivity contribution in [2.75, 3.05) is 13.2 Å². The molecular formula is C28H65F3O10Si8. The molecule has 0 rings (SSSR count). The normalized spacial score (nSPS) is 16.9. The maximum atomic E-state index is 13.1. The first-order valence-corrected chi connectivity index (χ1v) is 38.5. The van der Waals surface area contributed by atoms with Crippen LogP contribution in [-0.2, 0) is 43.8 Å². The molecule has 0 N–H and O–H groups in total. The molecule has 4 unspecified atom stereocenters. The van der Waals surface area contributed by atoms with Crippen molar-refractivity contribution in [2.45, 2.75) is 142 Å². The minimum atomic E-state index is -4.30. The highest BCUT2D eigenvalue weighted by Gasteiger charge is 2.43. The lowest BCUT2D eigenvalue weighted by molar-refractivity contribution is -0.140. The highest BCUT2D eigenvalue weighted by atomic mass is 28.5. The average Bonchev–Trinajstić information content (AvgIpc) is 2.89. The third kappa shape index (κ3) is 26.4. The van der Waals surface area contributed by atoms with Gasteiger partial charge in [-0.25, -0.2) is 9.59 Å². The second kappa shape index (κ2) is 22.9. The Kier molecular flexibility index (Phi) is 22.9. The Morgan fingerprint density at radius 1 is 0.633 bits per heavy atom. The topological polar surface area (TPSA) is 108 Å². The van der Waals surface area contributed by atoms with Crippen LogP contribution in [0.5, 0.6) is 0 Å². The van der Waals surface area contributed by atoms with E-state index in [0.29, 0.717) is 18.9 Å². The SMILES string of the molecule is CCC[Si](C)(O[SiH](C)C)O[SiH](C)O[Si](C)(C)CCCOC(=O)/C=C\C(=O)OCCC[Si](C)(C)O[Si](C)(CCC(F)(F)F)O[SiH](C)O[SiH](C)C. The van der Waals surface area contributed by atoms with Crippen molar-refractivity contribution >= 4 is 82.3 Å². The number of hydrogen-bond acceptors (Lipinski definition) is 10. The molecule has 0 amide bonds. The van der Waals surface area contributed by atoms with Crippen molar-refractivity contribution in [1.82, 2.24) is 0 Å². The summed E-state index contributed by atoms with van der Waals surface area (Å²) >= 11 is 0. The van der Waals surface area contributed by atoms with E-state index in [2.05, 4.69) is 46.2 Å². The van der Waals surface area contributed by atoms with E-state index < -0.39 is 94.9 Å². The largest absolute Gasteiger partial charge is 0.463 e. The molecule has 49 heavy (non-hydrogen) atoms. The lowest BCUT2D eigenvalue weighted by Gasteiger charge is -2.38. The number of alkyl halides is 3. The minimum absolute atomic E-state index is 0.0870. The fourth-order valence-electron chi connectivity index (χ4n) is 5.46. The Hall–Kier alpha value is -0.0349. The molecule has 0 bridgehead atoms. The molecule has 0 aliphatic rings. The molecule has 0 aliphatic heterocycles. The van der Waals surface area contributed by atoms with Crippen LogP contribution < -0.4 is 0 Å². The van der Waals surface area contributed by atoms with Gasteiger partial charge in [0.05, 0.1) is 13.2 Å². The molecular weight excluding hydrogens is 778 g/mol. The summed E-state index contributed by atoms with van der Waals surface area (Å²) in [6.45, 7) is 26.6. The van der Waals surface area contributed by atoms with E-state index in [-0.39, 0.29) is 19.3 Å². The summed E-state index contributed by atoms with van der Waals surface area (Å²) < 4.78 is 87.3. The van der Waals surface area contributed by atoms with Crippen molar-refractivity contribution in [1.29, 1.82) is 0 Å². The van der Waals surface area contributed by atoms with E-state index >= 15 is 0 Å². The molecule has 0 aromatic carbocycles. The highest BCUT2D eigenvalue weighted by Crippen LogP contribution is 2.31. The van der Waals surface area contributed by atoms with Crippen molar-refractivity contribution in [3.8, 4) is 0 Å².